The number of aromatic nitrogens is 1. The predicted molar refractivity (Wildman–Crippen MR) is 74.3 cm³/mol. The van der Waals surface area contributed by atoms with Crippen LogP contribution in [0.4, 0.5) is 0 Å². The van der Waals surface area contributed by atoms with E-state index >= 15 is 0 Å². The quantitative estimate of drug-likeness (QED) is 0.884. The molecule has 0 spiro atoms. The topological polar surface area (TPSA) is 48.1 Å². The normalized spacial score (nSPS) is 9.94. The summed E-state index contributed by atoms with van der Waals surface area (Å²) < 4.78 is 6.57. The number of hydrogen-bond acceptors (Lipinski definition) is 3. The van der Waals surface area contributed by atoms with Crippen LogP contribution < -0.4 is 10.5 Å². The van der Waals surface area contributed by atoms with E-state index in [0.29, 0.717) is 16.6 Å². The van der Waals surface area contributed by atoms with E-state index in [9.17, 15) is 0 Å². The number of ether oxygens (including phenoxy) is 1. The van der Waals surface area contributed by atoms with Crippen LogP contribution in [-0.4, -0.2) is 9.97 Å². The fourth-order valence-corrected chi connectivity index (χ4v) is 1.63. The minimum absolute atomic E-state index is 0.327. The standard InChI is InChI=1S/C12H9BrN2OS/c13-9-1-3-10(4-2-9)16-11-7-8(12(14)17)5-6-15-11/h1-7H,(H2,14,17). The van der Waals surface area contributed by atoms with Crippen LogP contribution in [0.15, 0.2) is 47.1 Å². The first-order valence-electron chi connectivity index (χ1n) is 4.84. The number of rotatable bonds is 3. The van der Waals surface area contributed by atoms with Gasteiger partial charge >= 0.3 is 0 Å². The van der Waals surface area contributed by atoms with Crippen LogP contribution in [0.2, 0.25) is 0 Å². The molecule has 0 fully saturated rings. The van der Waals surface area contributed by atoms with E-state index in [1.807, 2.05) is 24.3 Å². The van der Waals surface area contributed by atoms with Gasteiger partial charge in [-0.1, -0.05) is 28.1 Å². The fraction of sp³-hybridized carbons (Fsp3) is 0. The number of nitrogens with two attached hydrogens (primary N) is 1. The number of nitrogens with zero attached hydrogens (tertiary/aromatic N) is 1. The van der Waals surface area contributed by atoms with Crippen LogP contribution in [0, 0.1) is 0 Å². The Morgan fingerprint density at radius 1 is 1.24 bits per heavy atom. The van der Waals surface area contributed by atoms with E-state index in [-0.39, 0.29) is 0 Å². The molecule has 2 N–H and O–H groups in total. The third-order valence-corrected chi connectivity index (χ3v) is 2.82. The van der Waals surface area contributed by atoms with E-state index in [1.165, 1.54) is 0 Å². The van der Waals surface area contributed by atoms with Crippen LogP contribution in [0.25, 0.3) is 0 Å². The first kappa shape index (κ1) is 12.0. The third-order valence-electron chi connectivity index (χ3n) is 2.06. The van der Waals surface area contributed by atoms with Gasteiger partial charge in [-0.2, -0.15) is 0 Å². The molecule has 0 unspecified atom stereocenters. The van der Waals surface area contributed by atoms with E-state index in [4.69, 9.17) is 22.7 Å². The maximum absolute atomic E-state index is 5.58. The molecule has 0 aliphatic rings. The van der Waals surface area contributed by atoms with Gasteiger partial charge in [0.2, 0.25) is 5.88 Å². The lowest BCUT2D eigenvalue weighted by atomic mass is 10.3. The summed E-state index contributed by atoms with van der Waals surface area (Å²) in [5.41, 5.74) is 6.28. The molecule has 2 aromatic rings. The van der Waals surface area contributed by atoms with E-state index < -0.39 is 0 Å². The molecule has 5 heteroatoms. The van der Waals surface area contributed by atoms with Crippen molar-refractivity contribution >= 4 is 33.1 Å². The zero-order valence-corrected chi connectivity index (χ0v) is 11.2. The minimum atomic E-state index is 0.327. The van der Waals surface area contributed by atoms with Crippen molar-refractivity contribution in [3.8, 4) is 11.6 Å². The SMILES string of the molecule is NC(=S)c1ccnc(Oc2ccc(Br)cc2)c1. The van der Waals surface area contributed by atoms with Gasteiger partial charge in [-0.3, -0.25) is 0 Å². The molecule has 0 saturated carbocycles. The molecule has 1 aromatic carbocycles. The maximum Gasteiger partial charge on any atom is 0.219 e. The van der Waals surface area contributed by atoms with Crippen molar-refractivity contribution in [3.63, 3.8) is 0 Å². The molecule has 0 amide bonds. The van der Waals surface area contributed by atoms with Crippen LogP contribution in [0.3, 0.4) is 0 Å². The highest BCUT2D eigenvalue weighted by atomic mass is 79.9. The van der Waals surface area contributed by atoms with Gasteiger partial charge in [0.1, 0.15) is 10.7 Å². The van der Waals surface area contributed by atoms with E-state index in [1.54, 1.807) is 18.3 Å². The highest BCUT2D eigenvalue weighted by molar-refractivity contribution is 9.10. The summed E-state index contributed by atoms with van der Waals surface area (Å²) in [6.07, 6.45) is 1.61. The van der Waals surface area contributed by atoms with Crippen LogP contribution in [0.5, 0.6) is 11.6 Å². The lowest BCUT2D eigenvalue weighted by molar-refractivity contribution is 0.463. The van der Waals surface area contributed by atoms with Crippen LogP contribution in [-0.2, 0) is 0 Å². The van der Waals surface area contributed by atoms with Crippen molar-refractivity contribution in [2.45, 2.75) is 0 Å². The fourth-order valence-electron chi connectivity index (χ4n) is 1.24. The number of pyridine rings is 1. The number of benzene rings is 1. The van der Waals surface area contributed by atoms with Gasteiger partial charge in [-0.15, -0.1) is 0 Å². The van der Waals surface area contributed by atoms with Gasteiger partial charge in [0.25, 0.3) is 0 Å². The zero-order chi connectivity index (χ0) is 12.3. The summed E-state index contributed by atoms with van der Waals surface area (Å²) in [4.78, 5) is 4.42. The molecule has 0 saturated heterocycles. The van der Waals surface area contributed by atoms with Gasteiger partial charge in [-0.25, -0.2) is 4.98 Å². The van der Waals surface area contributed by atoms with Gasteiger partial charge in [0.15, 0.2) is 0 Å². The van der Waals surface area contributed by atoms with Crippen molar-refractivity contribution in [1.82, 2.24) is 4.98 Å². The second-order valence-corrected chi connectivity index (χ2v) is 4.66. The highest BCUT2D eigenvalue weighted by Gasteiger charge is 2.02. The molecule has 3 nitrogen and oxygen atoms in total. The van der Waals surface area contributed by atoms with Gasteiger partial charge in [-0.05, 0) is 30.3 Å². The average molecular weight is 309 g/mol. The Kier molecular flexibility index (Phi) is 3.71. The van der Waals surface area contributed by atoms with E-state index in [0.717, 1.165) is 10.0 Å². The Labute approximate surface area is 113 Å². The molecule has 0 aliphatic carbocycles. The Morgan fingerprint density at radius 2 is 1.94 bits per heavy atom. The highest BCUT2D eigenvalue weighted by Crippen LogP contribution is 2.22. The number of thiocarbonyl (C=S) groups is 1. The smallest absolute Gasteiger partial charge is 0.219 e. The summed E-state index contributed by atoms with van der Waals surface area (Å²) >= 11 is 8.25. The second-order valence-electron chi connectivity index (χ2n) is 3.30. The summed E-state index contributed by atoms with van der Waals surface area (Å²) in [7, 11) is 0. The van der Waals surface area contributed by atoms with Crippen molar-refractivity contribution in [1.29, 1.82) is 0 Å². The van der Waals surface area contributed by atoms with Crippen molar-refractivity contribution in [3.05, 3.63) is 52.6 Å². The number of hydrogen-bond donors (Lipinski definition) is 1. The van der Waals surface area contributed by atoms with Gasteiger partial charge < -0.3 is 10.5 Å². The molecule has 17 heavy (non-hydrogen) atoms. The zero-order valence-electron chi connectivity index (χ0n) is 8.76. The molecule has 1 aromatic heterocycles. The molecule has 1 heterocycles. The first-order chi connectivity index (χ1) is 8.15. The molecule has 0 bridgehead atoms. The third kappa shape index (κ3) is 3.25. The summed E-state index contributed by atoms with van der Waals surface area (Å²) in [5.74, 6) is 1.18. The van der Waals surface area contributed by atoms with Crippen molar-refractivity contribution in [2.24, 2.45) is 5.73 Å². The molecule has 2 rings (SSSR count). The first-order valence-corrected chi connectivity index (χ1v) is 6.04. The predicted octanol–water partition coefficient (Wildman–Crippen LogP) is 3.27. The summed E-state index contributed by atoms with van der Waals surface area (Å²) in [5, 5.41) is 0. The van der Waals surface area contributed by atoms with E-state index in [2.05, 4.69) is 20.9 Å². The molecule has 86 valence electrons. The molecule has 0 aliphatic heterocycles. The van der Waals surface area contributed by atoms with Crippen molar-refractivity contribution < 1.29 is 4.74 Å². The molecule has 0 radical (unpaired) electrons. The molecule has 0 atom stereocenters. The Morgan fingerprint density at radius 3 is 2.59 bits per heavy atom. The Hall–Kier alpha value is -1.46. The Bertz CT molecular complexity index is 542. The van der Waals surface area contributed by atoms with Crippen LogP contribution >= 0.6 is 28.1 Å². The maximum atomic E-state index is 5.58. The average Bonchev–Trinajstić information content (AvgIpc) is 2.32. The second kappa shape index (κ2) is 5.25. The van der Waals surface area contributed by atoms with Gasteiger partial charge in [0, 0.05) is 22.3 Å². The monoisotopic (exact) mass is 308 g/mol. The van der Waals surface area contributed by atoms with Gasteiger partial charge in [0.05, 0.1) is 0 Å². The lowest BCUT2D eigenvalue weighted by Crippen LogP contribution is -2.09. The Balaban J connectivity index is 2.21. The van der Waals surface area contributed by atoms with Crippen LogP contribution in [0.1, 0.15) is 5.56 Å². The summed E-state index contributed by atoms with van der Waals surface area (Å²) in [6.45, 7) is 0. The minimum Gasteiger partial charge on any atom is -0.439 e. The van der Waals surface area contributed by atoms with Crippen molar-refractivity contribution in [2.75, 3.05) is 0 Å². The molecular weight excluding hydrogens is 300 g/mol. The largest absolute Gasteiger partial charge is 0.439 e. The number of halogens is 1. The molecular formula is C12H9BrN2OS. The lowest BCUT2D eigenvalue weighted by Gasteiger charge is -2.05. The summed E-state index contributed by atoms with van der Waals surface area (Å²) in [6, 6.07) is 10.9.